The van der Waals surface area contributed by atoms with E-state index in [0.29, 0.717) is 5.56 Å². The molecule has 0 fully saturated rings. The molecule has 2 amide bonds. The second kappa shape index (κ2) is 10.4. The van der Waals surface area contributed by atoms with Gasteiger partial charge in [0.25, 0.3) is 5.91 Å². The van der Waals surface area contributed by atoms with Crippen LogP contribution in [0.1, 0.15) is 29.3 Å². The molecule has 2 N–H and O–H groups in total. The summed E-state index contributed by atoms with van der Waals surface area (Å²) < 4.78 is 0. The minimum absolute atomic E-state index is 0.139. The fourth-order valence-corrected chi connectivity index (χ4v) is 3.57. The standard InChI is InChI=1S/C23H23N3O2S/c1-17(25-23(28)19-9-3-2-4-10-19)14-21(27)26-20-11-7-8-18(15-20)16-29-22-12-5-6-13-24-22/h2-13,15,17H,14,16H2,1H3,(H,25,28)(H,26,27). The van der Waals surface area contributed by atoms with Gasteiger partial charge in [0.15, 0.2) is 0 Å². The molecule has 0 radical (unpaired) electrons. The van der Waals surface area contributed by atoms with E-state index in [-0.39, 0.29) is 24.3 Å². The number of carbonyl (C=O) groups is 2. The van der Waals surface area contributed by atoms with Gasteiger partial charge in [-0.3, -0.25) is 9.59 Å². The van der Waals surface area contributed by atoms with E-state index in [1.54, 1.807) is 30.1 Å². The summed E-state index contributed by atoms with van der Waals surface area (Å²) in [4.78, 5) is 28.8. The Labute approximate surface area is 175 Å². The van der Waals surface area contributed by atoms with Gasteiger partial charge in [-0.2, -0.15) is 0 Å². The van der Waals surface area contributed by atoms with Gasteiger partial charge in [-0.05, 0) is 48.9 Å². The van der Waals surface area contributed by atoms with Crippen molar-refractivity contribution in [3.8, 4) is 0 Å². The van der Waals surface area contributed by atoms with Crippen molar-refractivity contribution in [1.29, 1.82) is 0 Å². The van der Waals surface area contributed by atoms with Gasteiger partial charge >= 0.3 is 0 Å². The molecule has 0 bridgehead atoms. The van der Waals surface area contributed by atoms with Crippen LogP contribution < -0.4 is 10.6 Å². The Kier molecular flexibility index (Phi) is 7.41. The number of benzene rings is 2. The summed E-state index contributed by atoms with van der Waals surface area (Å²) in [6.45, 7) is 1.82. The number of nitrogens with zero attached hydrogens (tertiary/aromatic N) is 1. The van der Waals surface area contributed by atoms with Crippen molar-refractivity contribution in [2.45, 2.75) is 30.2 Å². The van der Waals surface area contributed by atoms with Gasteiger partial charge in [0.1, 0.15) is 0 Å². The quantitative estimate of drug-likeness (QED) is 0.541. The number of hydrogen-bond acceptors (Lipinski definition) is 4. The molecule has 29 heavy (non-hydrogen) atoms. The molecule has 1 aromatic heterocycles. The fraction of sp³-hybridized carbons (Fsp3) is 0.174. The average molecular weight is 406 g/mol. The predicted octanol–water partition coefficient (Wildman–Crippen LogP) is 4.52. The minimum atomic E-state index is -0.273. The van der Waals surface area contributed by atoms with Crippen LogP contribution in [0.2, 0.25) is 0 Å². The third-order valence-corrected chi connectivity index (χ3v) is 5.16. The van der Waals surface area contributed by atoms with Crippen molar-refractivity contribution in [3.05, 3.63) is 90.1 Å². The Hall–Kier alpha value is -3.12. The van der Waals surface area contributed by atoms with Gasteiger partial charge in [-0.15, -0.1) is 11.8 Å². The van der Waals surface area contributed by atoms with Gasteiger partial charge in [0.05, 0.1) is 5.03 Å². The number of amides is 2. The second-order valence-corrected chi connectivity index (χ2v) is 7.65. The molecule has 6 heteroatoms. The third-order valence-electron chi connectivity index (χ3n) is 4.14. The predicted molar refractivity (Wildman–Crippen MR) is 117 cm³/mol. The molecule has 5 nitrogen and oxygen atoms in total. The van der Waals surface area contributed by atoms with Crippen LogP contribution >= 0.6 is 11.8 Å². The molecule has 3 rings (SSSR count). The molecular weight excluding hydrogens is 382 g/mol. The highest BCUT2D eigenvalue weighted by Crippen LogP contribution is 2.22. The molecule has 0 saturated heterocycles. The van der Waals surface area contributed by atoms with E-state index in [0.717, 1.165) is 22.0 Å². The van der Waals surface area contributed by atoms with Crippen molar-refractivity contribution in [3.63, 3.8) is 0 Å². The zero-order valence-electron chi connectivity index (χ0n) is 16.2. The molecule has 3 aromatic rings. The summed E-state index contributed by atoms with van der Waals surface area (Å²) >= 11 is 1.65. The molecule has 0 aliphatic heterocycles. The normalized spacial score (nSPS) is 11.5. The Morgan fingerprint density at radius 1 is 1.00 bits per heavy atom. The van der Waals surface area contributed by atoms with Crippen LogP contribution in [0.15, 0.2) is 84.0 Å². The van der Waals surface area contributed by atoms with E-state index in [1.807, 2.05) is 67.6 Å². The Balaban J connectivity index is 1.49. The van der Waals surface area contributed by atoms with Gasteiger partial charge in [-0.25, -0.2) is 4.98 Å². The average Bonchev–Trinajstić information content (AvgIpc) is 2.73. The van der Waals surface area contributed by atoms with Crippen LogP contribution in [-0.2, 0) is 10.5 Å². The highest BCUT2D eigenvalue weighted by atomic mass is 32.2. The van der Waals surface area contributed by atoms with Crippen LogP contribution in [0.3, 0.4) is 0 Å². The van der Waals surface area contributed by atoms with Gasteiger partial charge in [0.2, 0.25) is 5.91 Å². The topological polar surface area (TPSA) is 71.1 Å². The molecule has 0 saturated carbocycles. The number of nitrogens with one attached hydrogen (secondary N) is 2. The maximum Gasteiger partial charge on any atom is 0.251 e. The molecule has 0 aliphatic carbocycles. The number of pyridine rings is 1. The van der Waals surface area contributed by atoms with Crippen molar-refractivity contribution < 1.29 is 9.59 Å². The maximum absolute atomic E-state index is 12.4. The number of anilines is 1. The number of thioether (sulfide) groups is 1. The highest BCUT2D eigenvalue weighted by Gasteiger charge is 2.13. The van der Waals surface area contributed by atoms with Crippen LogP contribution in [0.5, 0.6) is 0 Å². The van der Waals surface area contributed by atoms with E-state index in [2.05, 4.69) is 15.6 Å². The zero-order valence-corrected chi connectivity index (χ0v) is 17.0. The lowest BCUT2D eigenvalue weighted by atomic mass is 10.1. The van der Waals surface area contributed by atoms with E-state index in [1.165, 1.54) is 0 Å². The molecule has 1 atom stereocenters. The van der Waals surface area contributed by atoms with Crippen molar-refractivity contribution in [2.75, 3.05) is 5.32 Å². The van der Waals surface area contributed by atoms with Crippen LogP contribution in [0, 0.1) is 0 Å². The lowest BCUT2D eigenvalue weighted by Crippen LogP contribution is -2.35. The van der Waals surface area contributed by atoms with Gasteiger partial charge < -0.3 is 10.6 Å². The summed E-state index contributed by atoms with van der Waals surface area (Å²) in [6, 6.07) is 22.3. The number of carbonyl (C=O) groups excluding carboxylic acids is 2. The van der Waals surface area contributed by atoms with E-state index in [9.17, 15) is 9.59 Å². The monoisotopic (exact) mass is 405 g/mol. The largest absolute Gasteiger partial charge is 0.349 e. The van der Waals surface area contributed by atoms with Crippen LogP contribution in [0.25, 0.3) is 0 Å². The zero-order chi connectivity index (χ0) is 20.5. The Bertz CT molecular complexity index is 949. The molecule has 0 spiro atoms. The molecule has 2 aromatic carbocycles. The smallest absolute Gasteiger partial charge is 0.251 e. The summed E-state index contributed by atoms with van der Waals surface area (Å²) in [7, 11) is 0. The van der Waals surface area contributed by atoms with Crippen molar-refractivity contribution >= 4 is 29.3 Å². The van der Waals surface area contributed by atoms with Gasteiger partial charge in [0, 0.05) is 35.7 Å². The van der Waals surface area contributed by atoms with E-state index >= 15 is 0 Å². The van der Waals surface area contributed by atoms with Crippen molar-refractivity contribution in [1.82, 2.24) is 10.3 Å². The number of hydrogen-bond donors (Lipinski definition) is 2. The Morgan fingerprint density at radius 3 is 2.55 bits per heavy atom. The summed E-state index contributed by atoms with van der Waals surface area (Å²) in [5.74, 6) is 0.449. The van der Waals surface area contributed by atoms with Crippen molar-refractivity contribution in [2.24, 2.45) is 0 Å². The SMILES string of the molecule is CC(CC(=O)Nc1cccc(CSc2ccccn2)c1)NC(=O)c1ccccc1. The Morgan fingerprint density at radius 2 is 1.79 bits per heavy atom. The highest BCUT2D eigenvalue weighted by molar-refractivity contribution is 7.98. The number of rotatable bonds is 8. The van der Waals surface area contributed by atoms with Crippen LogP contribution in [0.4, 0.5) is 5.69 Å². The van der Waals surface area contributed by atoms with Gasteiger partial charge in [-0.1, -0.05) is 36.4 Å². The molecule has 0 aliphatic rings. The second-order valence-electron chi connectivity index (χ2n) is 6.65. The van der Waals surface area contributed by atoms with E-state index < -0.39 is 0 Å². The van der Waals surface area contributed by atoms with E-state index in [4.69, 9.17) is 0 Å². The molecule has 1 heterocycles. The molecular formula is C23H23N3O2S. The first-order chi connectivity index (χ1) is 14.1. The summed E-state index contributed by atoms with van der Waals surface area (Å²) in [6.07, 6.45) is 1.97. The lowest BCUT2D eigenvalue weighted by molar-refractivity contribution is -0.116. The first kappa shape index (κ1) is 20.6. The minimum Gasteiger partial charge on any atom is -0.349 e. The maximum atomic E-state index is 12.4. The van der Waals surface area contributed by atoms with Crippen LogP contribution in [-0.4, -0.2) is 22.8 Å². The first-order valence-corrected chi connectivity index (χ1v) is 10.4. The molecule has 148 valence electrons. The lowest BCUT2D eigenvalue weighted by Gasteiger charge is -2.14. The third kappa shape index (κ3) is 6.76. The first-order valence-electron chi connectivity index (χ1n) is 9.38. The molecule has 1 unspecified atom stereocenters. The summed E-state index contributed by atoms with van der Waals surface area (Å²) in [5.41, 5.74) is 2.43. The fourth-order valence-electron chi connectivity index (χ4n) is 2.77. The summed E-state index contributed by atoms with van der Waals surface area (Å²) in [5, 5.41) is 6.72. The number of aromatic nitrogens is 1.